The third-order valence-electron chi connectivity index (χ3n) is 3.93. The molecule has 1 heterocycles. The molecule has 1 amide bonds. The lowest BCUT2D eigenvalue weighted by Gasteiger charge is -2.11. The Bertz CT molecular complexity index is 982. The van der Waals surface area contributed by atoms with Crippen LogP contribution in [0.15, 0.2) is 53.3 Å². The minimum Gasteiger partial charge on any atom is -0.320 e. The van der Waals surface area contributed by atoms with E-state index in [4.69, 9.17) is 0 Å². The molecule has 3 aromatic rings. The summed E-state index contributed by atoms with van der Waals surface area (Å²) in [6.45, 7) is 2.56. The number of fused-ring (bicyclic) bond motifs is 1. The van der Waals surface area contributed by atoms with Crippen LogP contribution in [0.1, 0.15) is 30.3 Å². The molecule has 0 aliphatic heterocycles. The summed E-state index contributed by atoms with van der Waals surface area (Å²) < 4.78 is 2.34. The maximum atomic E-state index is 12.8. The molecule has 5 nitrogen and oxygen atoms in total. The standard InChI is InChI=1S/C19H18IN3O2/c1-2-3-12-23-19(25)14-9-5-4-8-13(14)17(22-23)18(24)21-16-11-7-6-10-15(16)20/h4-11H,2-3,12H2,1H3,(H,21,24). The van der Waals surface area contributed by atoms with Gasteiger partial charge in [-0.15, -0.1) is 0 Å². The van der Waals surface area contributed by atoms with E-state index in [1.807, 2.05) is 30.3 Å². The van der Waals surface area contributed by atoms with Gasteiger partial charge in [0.05, 0.1) is 11.1 Å². The van der Waals surface area contributed by atoms with Gasteiger partial charge in [-0.1, -0.05) is 43.7 Å². The highest BCUT2D eigenvalue weighted by atomic mass is 127. The summed E-state index contributed by atoms with van der Waals surface area (Å²) in [4.78, 5) is 25.4. The van der Waals surface area contributed by atoms with Gasteiger partial charge in [-0.3, -0.25) is 9.59 Å². The van der Waals surface area contributed by atoms with E-state index < -0.39 is 0 Å². The van der Waals surface area contributed by atoms with Crippen molar-refractivity contribution in [1.29, 1.82) is 0 Å². The summed E-state index contributed by atoms with van der Waals surface area (Å²) in [5.74, 6) is -0.314. The number of para-hydroxylation sites is 1. The van der Waals surface area contributed by atoms with E-state index in [0.29, 0.717) is 17.3 Å². The van der Waals surface area contributed by atoms with Gasteiger partial charge in [0.2, 0.25) is 0 Å². The quantitative estimate of drug-likeness (QED) is 0.601. The van der Waals surface area contributed by atoms with E-state index in [-0.39, 0.29) is 17.2 Å². The van der Waals surface area contributed by atoms with Crippen LogP contribution >= 0.6 is 22.6 Å². The van der Waals surface area contributed by atoms with Crippen LogP contribution in [0.4, 0.5) is 5.69 Å². The molecule has 0 fully saturated rings. The minimum atomic E-state index is -0.314. The van der Waals surface area contributed by atoms with E-state index in [0.717, 1.165) is 22.1 Å². The summed E-state index contributed by atoms with van der Waals surface area (Å²) in [5, 5.41) is 8.34. The highest BCUT2D eigenvalue weighted by Crippen LogP contribution is 2.19. The van der Waals surface area contributed by atoms with Crippen LogP contribution in [0, 0.1) is 3.57 Å². The number of hydrogen-bond acceptors (Lipinski definition) is 3. The Labute approximate surface area is 159 Å². The van der Waals surface area contributed by atoms with Gasteiger partial charge in [-0.2, -0.15) is 5.10 Å². The molecule has 0 atom stereocenters. The van der Waals surface area contributed by atoms with Gasteiger partial charge >= 0.3 is 0 Å². The van der Waals surface area contributed by atoms with Gasteiger partial charge in [0.15, 0.2) is 5.69 Å². The summed E-state index contributed by atoms with van der Waals surface area (Å²) in [5.41, 5.74) is 0.839. The molecule has 3 rings (SSSR count). The fourth-order valence-electron chi connectivity index (χ4n) is 2.61. The van der Waals surface area contributed by atoms with E-state index >= 15 is 0 Å². The number of halogens is 1. The van der Waals surface area contributed by atoms with E-state index in [1.54, 1.807) is 18.2 Å². The molecule has 0 aliphatic rings. The first-order valence-corrected chi connectivity index (χ1v) is 9.25. The van der Waals surface area contributed by atoms with Crippen molar-refractivity contribution in [2.75, 3.05) is 5.32 Å². The number of carbonyl (C=O) groups is 1. The van der Waals surface area contributed by atoms with Crippen molar-refractivity contribution in [3.8, 4) is 0 Å². The molecule has 0 spiro atoms. The molecule has 1 N–H and O–H groups in total. The molecule has 2 aromatic carbocycles. The number of hydrogen-bond donors (Lipinski definition) is 1. The van der Waals surface area contributed by atoms with E-state index in [9.17, 15) is 9.59 Å². The molecular weight excluding hydrogens is 429 g/mol. The van der Waals surface area contributed by atoms with Gasteiger partial charge in [-0.25, -0.2) is 4.68 Å². The van der Waals surface area contributed by atoms with Gasteiger partial charge in [0, 0.05) is 15.5 Å². The molecule has 0 saturated heterocycles. The number of rotatable bonds is 5. The average Bonchev–Trinajstić information content (AvgIpc) is 2.63. The Kier molecular flexibility index (Phi) is 5.47. The molecule has 6 heteroatoms. The lowest BCUT2D eigenvalue weighted by atomic mass is 10.1. The van der Waals surface area contributed by atoms with E-state index in [1.165, 1.54) is 4.68 Å². The van der Waals surface area contributed by atoms with Crippen LogP contribution in [0.3, 0.4) is 0 Å². The van der Waals surface area contributed by atoms with Crippen LogP contribution in [-0.2, 0) is 6.54 Å². The van der Waals surface area contributed by atoms with Crippen molar-refractivity contribution in [3.63, 3.8) is 0 Å². The summed E-state index contributed by atoms with van der Waals surface area (Å²) in [7, 11) is 0. The van der Waals surface area contributed by atoms with Crippen molar-refractivity contribution in [2.24, 2.45) is 0 Å². The number of anilines is 1. The monoisotopic (exact) mass is 447 g/mol. The zero-order valence-electron chi connectivity index (χ0n) is 13.8. The maximum absolute atomic E-state index is 12.8. The Morgan fingerprint density at radius 2 is 1.80 bits per heavy atom. The van der Waals surface area contributed by atoms with Crippen LogP contribution in [0.25, 0.3) is 10.8 Å². The first-order chi connectivity index (χ1) is 12.1. The first kappa shape index (κ1) is 17.6. The molecule has 0 radical (unpaired) electrons. The highest BCUT2D eigenvalue weighted by Gasteiger charge is 2.17. The van der Waals surface area contributed by atoms with Gasteiger partial charge in [0.1, 0.15) is 0 Å². The van der Waals surface area contributed by atoms with Crippen molar-refractivity contribution in [2.45, 2.75) is 26.3 Å². The second-order valence-corrected chi connectivity index (χ2v) is 6.87. The minimum absolute atomic E-state index is 0.158. The van der Waals surface area contributed by atoms with Crippen LogP contribution in [0.2, 0.25) is 0 Å². The second-order valence-electron chi connectivity index (χ2n) is 5.71. The number of unbranched alkanes of at least 4 members (excludes halogenated alkanes) is 1. The molecular formula is C19H18IN3O2. The second kappa shape index (κ2) is 7.77. The van der Waals surface area contributed by atoms with Crippen LogP contribution in [-0.4, -0.2) is 15.7 Å². The van der Waals surface area contributed by atoms with Gasteiger partial charge < -0.3 is 5.32 Å². The topological polar surface area (TPSA) is 64.0 Å². The highest BCUT2D eigenvalue weighted by molar-refractivity contribution is 14.1. The van der Waals surface area contributed by atoms with Crippen LogP contribution in [0.5, 0.6) is 0 Å². The molecule has 0 aliphatic carbocycles. The summed E-state index contributed by atoms with van der Waals surface area (Å²) >= 11 is 2.17. The maximum Gasteiger partial charge on any atom is 0.276 e. The van der Waals surface area contributed by atoms with Gasteiger partial charge in [0.25, 0.3) is 11.5 Å². The average molecular weight is 447 g/mol. The molecule has 0 saturated carbocycles. The Hall–Kier alpha value is -2.22. The number of carbonyl (C=O) groups excluding carboxylic acids is 1. The number of aromatic nitrogens is 2. The normalized spacial score (nSPS) is 10.8. The predicted molar refractivity (Wildman–Crippen MR) is 108 cm³/mol. The number of nitrogens with zero attached hydrogens (tertiary/aromatic N) is 2. The fraction of sp³-hybridized carbons (Fsp3) is 0.211. The van der Waals surface area contributed by atoms with Crippen molar-refractivity contribution < 1.29 is 4.79 Å². The lowest BCUT2D eigenvalue weighted by molar-refractivity contribution is 0.102. The van der Waals surface area contributed by atoms with Crippen molar-refractivity contribution in [1.82, 2.24) is 9.78 Å². The van der Waals surface area contributed by atoms with Crippen LogP contribution < -0.4 is 10.9 Å². The molecule has 128 valence electrons. The number of benzene rings is 2. The zero-order chi connectivity index (χ0) is 17.8. The Morgan fingerprint density at radius 1 is 1.12 bits per heavy atom. The van der Waals surface area contributed by atoms with Crippen molar-refractivity contribution >= 4 is 45.0 Å². The van der Waals surface area contributed by atoms with Crippen molar-refractivity contribution in [3.05, 3.63) is 68.1 Å². The van der Waals surface area contributed by atoms with Gasteiger partial charge in [-0.05, 0) is 47.2 Å². The summed E-state index contributed by atoms with van der Waals surface area (Å²) in [6.07, 6.45) is 1.79. The number of aryl methyl sites for hydroxylation is 1. The largest absolute Gasteiger partial charge is 0.320 e. The zero-order valence-corrected chi connectivity index (χ0v) is 16.0. The first-order valence-electron chi connectivity index (χ1n) is 8.17. The lowest BCUT2D eigenvalue weighted by Crippen LogP contribution is -2.27. The predicted octanol–water partition coefficient (Wildman–Crippen LogP) is 4.05. The summed E-state index contributed by atoms with van der Waals surface area (Å²) in [6, 6.07) is 14.7. The Morgan fingerprint density at radius 3 is 2.52 bits per heavy atom. The molecule has 0 unspecified atom stereocenters. The SMILES string of the molecule is CCCCn1nc(C(=O)Nc2ccccc2I)c2ccccc2c1=O. The third-order valence-corrected chi connectivity index (χ3v) is 4.87. The number of nitrogens with one attached hydrogen (secondary N) is 1. The van der Waals surface area contributed by atoms with E-state index in [2.05, 4.69) is 39.9 Å². The third kappa shape index (κ3) is 3.73. The fourth-order valence-corrected chi connectivity index (χ4v) is 3.13. The molecule has 0 bridgehead atoms. The molecule has 1 aromatic heterocycles. The Balaban J connectivity index is 2.08. The number of amides is 1. The molecule has 25 heavy (non-hydrogen) atoms. The smallest absolute Gasteiger partial charge is 0.276 e.